The van der Waals surface area contributed by atoms with Gasteiger partial charge in [0, 0.05) is 10.0 Å². The summed E-state index contributed by atoms with van der Waals surface area (Å²) in [5, 5.41) is 1.11. The van der Waals surface area contributed by atoms with Crippen molar-refractivity contribution < 1.29 is 9.59 Å². The van der Waals surface area contributed by atoms with Crippen molar-refractivity contribution in [3.05, 3.63) is 68.4 Å². The van der Waals surface area contributed by atoms with Gasteiger partial charge in [-0.05, 0) is 48.5 Å². The van der Waals surface area contributed by atoms with E-state index in [0.29, 0.717) is 30.1 Å². The Bertz CT molecular complexity index is 982. The first-order valence-electron chi connectivity index (χ1n) is 7.75. The highest BCUT2D eigenvalue weighted by molar-refractivity contribution is 8.30. The van der Waals surface area contributed by atoms with Crippen molar-refractivity contribution >= 4 is 103 Å². The Morgan fingerprint density at radius 1 is 0.643 bits per heavy atom. The molecule has 0 saturated carbocycles. The fourth-order valence-corrected chi connectivity index (χ4v) is 5.64. The van der Waals surface area contributed by atoms with Crippen LogP contribution in [0.4, 0.5) is 11.4 Å². The van der Waals surface area contributed by atoms with Gasteiger partial charge in [-0.1, -0.05) is 71.2 Å². The van der Waals surface area contributed by atoms with Crippen LogP contribution in [0.15, 0.2) is 58.3 Å². The Balaban J connectivity index is 1.69. The number of hydrogen-bond donors (Lipinski definition) is 0. The van der Waals surface area contributed by atoms with E-state index in [9.17, 15) is 9.59 Å². The van der Waals surface area contributed by atoms with Gasteiger partial charge in [-0.25, -0.2) is 0 Å². The third kappa shape index (κ3) is 3.49. The zero-order chi connectivity index (χ0) is 20.0. The minimum absolute atomic E-state index is 0.272. The first-order valence-corrected chi connectivity index (χ1v) is 11.0. The number of rotatable bonds is 2. The lowest BCUT2D eigenvalue weighted by Gasteiger charge is -2.15. The summed E-state index contributed by atoms with van der Waals surface area (Å²) >= 11 is 24.7. The molecule has 0 bridgehead atoms. The molecule has 0 radical (unpaired) electrons. The minimum atomic E-state index is -0.353. The molecule has 2 fully saturated rings. The maximum Gasteiger partial charge on any atom is 0.272 e. The molecule has 2 aromatic carbocycles. The van der Waals surface area contributed by atoms with Gasteiger partial charge in [0.05, 0.1) is 21.2 Å². The lowest BCUT2D eigenvalue weighted by atomic mass is 10.2. The summed E-state index contributed by atoms with van der Waals surface area (Å²) in [4.78, 5) is 29.3. The molecular formula is C18H8Cl2N2O2S4. The lowest BCUT2D eigenvalue weighted by molar-refractivity contribution is -0.115. The molecule has 0 aromatic heterocycles. The van der Waals surface area contributed by atoms with Crippen molar-refractivity contribution in [2.24, 2.45) is 0 Å². The molecular weight excluding hydrogens is 475 g/mol. The van der Waals surface area contributed by atoms with Gasteiger partial charge in [-0.15, -0.1) is 0 Å². The SMILES string of the molecule is O=C1/C(=C2\SC(=S)N(c3ccc(Cl)cc3)C2=O)SC(=S)N1c1ccc(Cl)cc1. The normalized spacial score (nSPS) is 19.9. The molecule has 0 N–H and O–H groups in total. The number of thiocarbonyl (C=S) groups is 2. The maximum atomic E-state index is 13.0. The van der Waals surface area contributed by atoms with Crippen LogP contribution < -0.4 is 9.80 Å². The minimum Gasteiger partial charge on any atom is -0.268 e. The van der Waals surface area contributed by atoms with Gasteiger partial charge in [-0.3, -0.25) is 19.4 Å². The number of benzene rings is 2. The van der Waals surface area contributed by atoms with Crippen molar-refractivity contribution in [1.82, 2.24) is 0 Å². The average Bonchev–Trinajstić information content (AvgIpc) is 3.12. The van der Waals surface area contributed by atoms with E-state index < -0.39 is 0 Å². The predicted molar refractivity (Wildman–Crippen MR) is 125 cm³/mol. The standard InChI is InChI=1S/C18H8Cl2N2O2S4/c19-9-1-5-11(6-2-9)21-15(23)13(27-17(21)25)14-16(24)22(18(26)28-14)12-7-3-10(20)4-8-12/h1-8H/b14-13+. The van der Waals surface area contributed by atoms with Gasteiger partial charge >= 0.3 is 0 Å². The Morgan fingerprint density at radius 3 is 1.29 bits per heavy atom. The van der Waals surface area contributed by atoms with Gasteiger partial charge in [0.2, 0.25) is 0 Å². The molecule has 2 heterocycles. The summed E-state index contributed by atoms with van der Waals surface area (Å²) < 4.78 is 0.693. The average molecular weight is 483 g/mol. The predicted octanol–water partition coefficient (Wildman–Crippen LogP) is 5.63. The molecule has 0 aliphatic carbocycles. The number of halogens is 2. The lowest BCUT2D eigenvalue weighted by Crippen LogP contribution is -2.29. The molecule has 2 aliphatic heterocycles. The van der Waals surface area contributed by atoms with Crippen molar-refractivity contribution in [1.29, 1.82) is 0 Å². The number of nitrogens with zero attached hydrogens (tertiary/aromatic N) is 2. The van der Waals surface area contributed by atoms with E-state index in [2.05, 4.69) is 0 Å². The highest BCUT2D eigenvalue weighted by atomic mass is 35.5. The van der Waals surface area contributed by atoms with Crippen LogP contribution in [-0.2, 0) is 9.59 Å². The van der Waals surface area contributed by atoms with Crippen LogP contribution >= 0.6 is 71.2 Å². The highest BCUT2D eigenvalue weighted by Gasteiger charge is 2.43. The molecule has 2 aliphatic rings. The van der Waals surface area contributed by atoms with E-state index in [1.54, 1.807) is 48.5 Å². The molecule has 4 rings (SSSR count). The summed E-state index contributed by atoms with van der Waals surface area (Å²) in [7, 11) is 0. The van der Waals surface area contributed by atoms with Crippen molar-refractivity contribution in [2.75, 3.05) is 9.80 Å². The molecule has 140 valence electrons. The number of hydrogen-bond acceptors (Lipinski definition) is 6. The fourth-order valence-electron chi connectivity index (χ4n) is 2.63. The molecule has 0 unspecified atom stereocenters. The topological polar surface area (TPSA) is 40.6 Å². The summed E-state index contributed by atoms with van der Waals surface area (Å²) in [5.41, 5.74) is 1.19. The van der Waals surface area contributed by atoms with Crippen LogP contribution in [0.1, 0.15) is 0 Å². The van der Waals surface area contributed by atoms with E-state index in [1.807, 2.05) is 0 Å². The first kappa shape index (κ1) is 19.9. The van der Waals surface area contributed by atoms with Gasteiger partial charge in [-0.2, -0.15) is 0 Å². The van der Waals surface area contributed by atoms with Crippen LogP contribution in [0.5, 0.6) is 0 Å². The smallest absolute Gasteiger partial charge is 0.268 e. The van der Waals surface area contributed by atoms with Crippen LogP contribution in [0.25, 0.3) is 0 Å². The second-order valence-electron chi connectivity index (χ2n) is 5.63. The van der Waals surface area contributed by atoms with E-state index in [1.165, 1.54) is 9.80 Å². The van der Waals surface area contributed by atoms with Crippen LogP contribution in [0, 0.1) is 0 Å². The van der Waals surface area contributed by atoms with Crippen LogP contribution in [0.2, 0.25) is 10.0 Å². The summed E-state index contributed by atoms with van der Waals surface area (Å²) in [6, 6.07) is 13.5. The van der Waals surface area contributed by atoms with Gasteiger partial charge < -0.3 is 0 Å². The van der Waals surface area contributed by atoms with Gasteiger partial charge in [0.1, 0.15) is 0 Å². The third-order valence-corrected chi connectivity index (χ3v) is 7.29. The second-order valence-corrected chi connectivity index (χ2v) is 9.79. The largest absolute Gasteiger partial charge is 0.272 e. The molecule has 2 saturated heterocycles. The van der Waals surface area contributed by atoms with Gasteiger partial charge in [0.15, 0.2) is 8.64 Å². The molecule has 4 nitrogen and oxygen atoms in total. The maximum absolute atomic E-state index is 13.0. The zero-order valence-electron chi connectivity index (χ0n) is 13.7. The number of thioether (sulfide) groups is 2. The highest BCUT2D eigenvalue weighted by Crippen LogP contribution is 2.44. The number of carbonyl (C=O) groups is 2. The van der Waals surface area contributed by atoms with E-state index in [4.69, 9.17) is 47.6 Å². The van der Waals surface area contributed by atoms with Gasteiger partial charge in [0.25, 0.3) is 11.8 Å². The Kier molecular flexibility index (Phi) is 5.52. The third-order valence-electron chi connectivity index (χ3n) is 3.91. The van der Waals surface area contributed by atoms with E-state index in [-0.39, 0.29) is 21.6 Å². The molecule has 0 atom stereocenters. The quantitative estimate of drug-likeness (QED) is 0.407. The van der Waals surface area contributed by atoms with Crippen molar-refractivity contribution in [3.8, 4) is 0 Å². The molecule has 10 heteroatoms. The molecule has 2 amide bonds. The first-order chi connectivity index (χ1) is 13.4. The zero-order valence-corrected chi connectivity index (χ0v) is 18.5. The number of carbonyl (C=O) groups excluding carboxylic acids is 2. The van der Waals surface area contributed by atoms with Crippen molar-refractivity contribution in [3.63, 3.8) is 0 Å². The molecule has 0 spiro atoms. The monoisotopic (exact) mass is 482 g/mol. The van der Waals surface area contributed by atoms with Crippen LogP contribution in [-0.4, -0.2) is 20.5 Å². The number of amides is 2. The molecule has 28 heavy (non-hydrogen) atoms. The fraction of sp³-hybridized carbons (Fsp3) is 0. The second kappa shape index (κ2) is 7.78. The summed E-state index contributed by atoms with van der Waals surface area (Å²) in [6.45, 7) is 0. The van der Waals surface area contributed by atoms with E-state index in [0.717, 1.165) is 23.5 Å². The Hall–Kier alpha value is -1.42. The van der Waals surface area contributed by atoms with Crippen LogP contribution in [0.3, 0.4) is 0 Å². The molecule has 2 aromatic rings. The number of anilines is 2. The summed E-state index contributed by atoms with van der Waals surface area (Å²) in [5.74, 6) is -0.706. The Labute approximate surface area is 189 Å². The summed E-state index contributed by atoms with van der Waals surface area (Å²) in [6.07, 6.45) is 0. The van der Waals surface area contributed by atoms with Crippen molar-refractivity contribution in [2.45, 2.75) is 0 Å². The Morgan fingerprint density at radius 2 is 0.964 bits per heavy atom. The van der Waals surface area contributed by atoms with E-state index >= 15 is 0 Å².